The first kappa shape index (κ1) is 18.6. The summed E-state index contributed by atoms with van der Waals surface area (Å²) >= 11 is 0. The van der Waals surface area contributed by atoms with E-state index < -0.39 is 0 Å². The molecule has 0 saturated heterocycles. The summed E-state index contributed by atoms with van der Waals surface area (Å²) < 4.78 is 0. The van der Waals surface area contributed by atoms with Crippen molar-refractivity contribution in [2.24, 2.45) is 0 Å². The zero-order valence-electron chi connectivity index (χ0n) is 15.2. The van der Waals surface area contributed by atoms with Crippen molar-refractivity contribution in [3.05, 3.63) is 45.8 Å². The van der Waals surface area contributed by atoms with Crippen molar-refractivity contribution in [3.8, 4) is 0 Å². The van der Waals surface area contributed by atoms with Crippen molar-refractivity contribution in [1.29, 1.82) is 0 Å². The number of non-ortho nitro benzene ring substituents is 1. The fourth-order valence-electron chi connectivity index (χ4n) is 2.34. The smallest absolute Gasteiger partial charge is 0.269 e. The standard InChI is InChI=1S/C17H24N6O2/c1-6-14(12-8-7-9-13(10-12)23(24)25)18-16-19-15(11(2)3)20-17(21-16)22(4)5/h7-11,14H,6H2,1-5H3,(H,18,19,20,21). The molecule has 0 amide bonds. The van der Waals surface area contributed by atoms with Crippen LogP contribution in [0.15, 0.2) is 24.3 Å². The van der Waals surface area contributed by atoms with Crippen molar-refractivity contribution >= 4 is 17.6 Å². The molecule has 1 aromatic carbocycles. The van der Waals surface area contributed by atoms with E-state index in [1.165, 1.54) is 6.07 Å². The van der Waals surface area contributed by atoms with Crippen LogP contribution in [0.25, 0.3) is 0 Å². The molecule has 8 heteroatoms. The van der Waals surface area contributed by atoms with Gasteiger partial charge in [-0.25, -0.2) is 0 Å². The average Bonchev–Trinajstić information content (AvgIpc) is 2.59. The van der Waals surface area contributed by atoms with Crippen molar-refractivity contribution in [3.63, 3.8) is 0 Å². The highest BCUT2D eigenvalue weighted by atomic mass is 16.6. The second kappa shape index (κ2) is 7.87. The summed E-state index contributed by atoms with van der Waals surface area (Å²) in [5.74, 6) is 1.92. The molecular formula is C17H24N6O2. The molecule has 1 unspecified atom stereocenters. The van der Waals surface area contributed by atoms with Crippen molar-refractivity contribution < 1.29 is 4.92 Å². The van der Waals surface area contributed by atoms with E-state index in [-0.39, 0.29) is 22.6 Å². The third kappa shape index (κ3) is 4.62. The van der Waals surface area contributed by atoms with E-state index >= 15 is 0 Å². The van der Waals surface area contributed by atoms with Crippen LogP contribution in [0.2, 0.25) is 0 Å². The Morgan fingerprint density at radius 1 is 1.24 bits per heavy atom. The second-order valence-electron chi connectivity index (χ2n) is 6.32. The lowest BCUT2D eigenvalue weighted by atomic mass is 10.0. The average molecular weight is 344 g/mol. The van der Waals surface area contributed by atoms with Crippen LogP contribution in [-0.4, -0.2) is 34.0 Å². The molecule has 0 aliphatic carbocycles. The molecule has 1 aromatic heterocycles. The number of nitrogens with one attached hydrogen (secondary N) is 1. The van der Waals surface area contributed by atoms with Gasteiger partial charge in [-0.3, -0.25) is 10.1 Å². The van der Waals surface area contributed by atoms with Crippen LogP contribution in [0, 0.1) is 10.1 Å². The van der Waals surface area contributed by atoms with Crippen LogP contribution >= 0.6 is 0 Å². The Morgan fingerprint density at radius 2 is 1.96 bits per heavy atom. The molecule has 0 fully saturated rings. The van der Waals surface area contributed by atoms with Crippen LogP contribution in [0.3, 0.4) is 0 Å². The molecule has 25 heavy (non-hydrogen) atoms. The lowest BCUT2D eigenvalue weighted by Gasteiger charge is -2.20. The monoisotopic (exact) mass is 344 g/mol. The fraction of sp³-hybridized carbons (Fsp3) is 0.471. The van der Waals surface area contributed by atoms with Gasteiger partial charge in [0.2, 0.25) is 11.9 Å². The molecule has 2 rings (SSSR count). The molecule has 1 heterocycles. The van der Waals surface area contributed by atoms with Gasteiger partial charge in [-0.1, -0.05) is 32.9 Å². The van der Waals surface area contributed by atoms with Crippen LogP contribution < -0.4 is 10.2 Å². The van der Waals surface area contributed by atoms with Crippen molar-refractivity contribution in [2.45, 2.75) is 39.2 Å². The molecule has 2 aromatic rings. The maximum atomic E-state index is 11.0. The van der Waals surface area contributed by atoms with Gasteiger partial charge in [0.05, 0.1) is 11.0 Å². The molecule has 134 valence electrons. The van der Waals surface area contributed by atoms with Crippen molar-refractivity contribution in [1.82, 2.24) is 15.0 Å². The molecule has 0 spiro atoms. The number of rotatable bonds is 7. The van der Waals surface area contributed by atoms with Gasteiger partial charge >= 0.3 is 0 Å². The van der Waals surface area contributed by atoms with E-state index in [0.717, 1.165) is 12.0 Å². The molecule has 1 N–H and O–H groups in total. The van der Waals surface area contributed by atoms with Gasteiger partial charge in [-0.2, -0.15) is 15.0 Å². The van der Waals surface area contributed by atoms with E-state index in [2.05, 4.69) is 20.3 Å². The lowest BCUT2D eigenvalue weighted by Crippen LogP contribution is -2.19. The van der Waals surface area contributed by atoms with Gasteiger partial charge in [0, 0.05) is 32.1 Å². The summed E-state index contributed by atoms with van der Waals surface area (Å²) in [6, 6.07) is 6.50. The first-order valence-corrected chi connectivity index (χ1v) is 8.26. The lowest BCUT2D eigenvalue weighted by molar-refractivity contribution is -0.384. The summed E-state index contributed by atoms with van der Waals surface area (Å²) in [4.78, 5) is 25.8. The summed E-state index contributed by atoms with van der Waals surface area (Å²) in [6.45, 7) is 6.06. The SMILES string of the molecule is CCC(Nc1nc(C(C)C)nc(N(C)C)n1)c1cccc([N+](=O)[O-])c1. The topological polar surface area (TPSA) is 97.1 Å². The Kier molecular flexibility index (Phi) is 5.84. The van der Waals surface area contributed by atoms with Gasteiger partial charge in [-0.15, -0.1) is 0 Å². The Bertz CT molecular complexity index is 721. The fourth-order valence-corrected chi connectivity index (χ4v) is 2.34. The molecule has 0 bridgehead atoms. The zero-order valence-corrected chi connectivity index (χ0v) is 15.2. The Balaban J connectivity index is 2.35. The van der Waals surface area contributed by atoms with Crippen molar-refractivity contribution in [2.75, 3.05) is 24.3 Å². The Morgan fingerprint density at radius 3 is 2.52 bits per heavy atom. The number of benzene rings is 1. The van der Waals surface area contributed by atoms with E-state index in [0.29, 0.717) is 17.7 Å². The second-order valence-corrected chi connectivity index (χ2v) is 6.32. The molecule has 0 radical (unpaired) electrons. The van der Waals surface area contributed by atoms with Gasteiger partial charge < -0.3 is 10.2 Å². The van der Waals surface area contributed by atoms with Crippen LogP contribution in [0.5, 0.6) is 0 Å². The quantitative estimate of drug-likeness (QED) is 0.606. The van der Waals surface area contributed by atoms with E-state index in [4.69, 9.17) is 0 Å². The molecule has 0 aliphatic heterocycles. The number of anilines is 2. The molecule has 0 saturated carbocycles. The number of nitro groups is 1. The highest BCUT2D eigenvalue weighted by molar-refractivity contribution is 5.41. The minimum atomic E-state index is -0.389. The minimum absolute atomic E-state index is 0.0743. The number of nitro benzene ring substituents is 1. The van der Waals surface area contributed by atoms with Gasteiger partial charge in [-0.05, 0) is 12.0 Å². The highest BCUT2D eigenvalue weighted by Gasteiger charge is 2.17. The third-order valence-corrected chi connectivity index (χ3v) is 3.75. The number of nitrogens with zero attached hydrogens (tertiary/aromatic N) is 5. The van der Waals surface area contributed by atoms with E-state index in [9.17, 15) is 10.1 Å². The highest BCUT2D eigenvalue weighted by Crippen LogP contribution is 2.25. The van der Waals surface area contributed by atoms with E-state index in [1.54, 1.807) is 12.1 Å². The third-order valence-electron chi connectivity index (χ3n) is 3.75. The summed E-state index contributed by atoms with van der Waals surface area (Å²) in [6.07, 6.45) is 0.737. The summed E-state index contributed by atoms with van der Waals surface area (Å²) in [7, 11) is 3.75. The molecule has 0 aliphatic rings. The predicted octanol–water partition coefficient (Wildman–Crippen LogP) is 3.53. The van der Waals surface area contributed by atoms with Gasteiger partial charge in [0.15, 0.2) is 0 Å². The minimum Gasteiger partial charge on any atom is -0.347 e. The number of hydrogen-bond acceptors (Lipinski definition) is 7. The number of hydrogen-bond donors (Lipinski definition) is 1. The van der Waals surface area contributed by atoms with Crippen LogP contribution in [-0.2, 0) is 0 Å². The zero-order chi connectivity index (χ0) is 18.6. The summed E-state index contributed by atoms with van der Waals surface area (Å²) in [5, 5.41) is 14.3. The van der Waals surface area contributed by atoms with Crippen LogP contribution in [0.1, 0.15) is 50.5 Å². The summed E-state index contributed by atoms with van der Waals surface area (Å²) in [5.41, 5.74) is 0.903. The van der Waals surface area contributed by atoms with Crippen LogP contribution in [0.4, 0.5) is 17.6 Å². The predicted molar refractivity (Wildman–Crippen MR) is 98.0 cm³/mol. The molecule has 8 nitrogen and oxygen atoms in total. The normalized spacial score (nSPS) is 12.1. The van der Waals surface area contributed by atoms with Gasteiger partial charge in [0.1, 0.15) is 5.82 Å². The molecular weight excluding hydrogens is 320 g/mol. The first-order chi connectivity index (χ1) is 11.8. The Labute approximate surface area is 147 Å². The maximum Gasteiger partial charge on any atom is 0.269 e. The molecule has 1 atom stereocenters. The first-order valence-electron chi connectivity index (χ1n) is 8.26. The van der Waals surface area contributed by atoms with E-state index in [1.807, 2.05) is 45.8 Å². The largest absolute Gasteiger partial charge is 0.347 e. The Hall–Kier alpha value is -2.77. The van der Waals surface area contributed by atoms with Gasteiger partial charge in [0.25, 0.3) is 5.69 Å². The maximum absolute atomic E-state index is 11.0. The number of aromatic nitrogens is 3.